The monoisotopic (exact) mass is 493 g/mol. The number of amides is 2. The van der Waals surface area contributed by atoms with Crippen LogP contribution >= 0.6 is 0 Å². The molecule has 1 aliphatic heterocycles. The topological polar surface area (TPSA) is 120 Å². The van der Waals surface area contributed by atoms with E-state index in [1.807, 2.05) is 13.8 Å². The minimum Gasteiger partial charge on any atom is -0.493 e. The number of anilines is 1. The van der Waals surface area contributed by atoms with Crippen LogP contribution in [-0.2, 0) is 11.3 Å². The summed E-state index contributed by atoms with van der Waals surface area (Å²) in [4.78, 5) is 43.5. The van der Waals surface area contributed by atoms with E-state index >= 15 is 0 Å². The number of hydrogen-bond acceptors (Lipinski definition) is 8. The number of carbonyl (C=O) groups is 3. The number of aromatic nitrogens is 1. The van der Waals surface area contributed by atoms with E-state index in [9.17, 15) is 14.4 Å². The second-order valence-corrected chi connectivity index (χ2v) is 8.22. The van der Waals surface area contributed by atoms with Crippen LogP contribution < -0.4 is 24.4 Å². The number of rotatable bonds is 10. The Balaban J connectivity index is 1.50. The molecule has 0 radical (unpaired) electrons. The smallest absolute Gasteiger partial charge is 0.273 e. The van der Waals surface area contributed by atoms with Gasteiger partial charge in [0.2, 0.25) is 5.89 Å². The number of Topliss-reactive ketones (excluding diaryl/α,β-unsaturated/α-hetero) is 1. The van der Waals surface area contributed by atoms with E-state index in [4.69, 9.17) is 18.6 Å². The summed E-state index contributed by atoms with van der Waals surface area (Å²) < 4.78 is 21.9. The van der Waals surface area contributed by atoms with Crippen LogP contribution in [0.15, 0.2) is 53.1 Å². The molecule has 1 atom stereocenters. The van der Waals surface area contributed by atoms with Gasteiger partial charge in [-0.15, -0.1) is 0 Å². The number of ketones is 1. The highest BCUT2D eigenvalue weighted by molar-refractivity contribution is 6.02. The molecular formula is C26H27N3O7. The number of benzene rings is 2. The van der Waals surface area contributed by atoms with Gasteiger partial charge in [0.25, 0.3) is 11.8 Å². The van der Waals surface area contributed by atoms with Gasteiger partial charge in [-0.2, -0.15) is 0 Å². The van der Waals surface area contributed by atoms with E-state index in [0.717, 1.165) is 6.42 Å². The summed E-state index contributed by atoms with van der Waals surface area (Å²) in [6, 6.07) is 11.8. The van der Waals surface area contributed by atoms with Crippen LogP contribution in [-0.4, -0.2) is 48.9 Å². The summed E-state index contributed by atoms with van der Waals surface area (Å²) in [5.74, 6) is 0.617. The van der Waals surface area contributed by atoms with Crippen LogP contribution in [0.1, 0.15) is 47.0 Å². The minimum absolute atomic E-state index is 0.00624. The maximum Gasteiger partial charge on any atom is 0.273 e. The first-order valence-corrected chi connectivity index (χ1v) is 11.5. The van der Waals surface area contributed by atoms with E-state index < -0.39 is 0 Å². The minimum atomic E-state index is -0.351. The Morgan fingerprint density at radius 2 is 1.97 bits per heavy atom. The molecule has 0 saturated carbocycles. The predicted octanol–water partition coefficient (Wildman–Crippen LogP) is 3.40. The largest absolute Gasteiger partial charge is 0.493 e. The number of nitrogens with one attached hydrogen (secondary N) is 1. The number of para-hydroxylation sites is 2. The fourth-order valence-electron chi connectivity index (χ4n) is 3.54. The van der Waals surface area contributed by atoms with Crippen LogP contribution in [0.5, 0.6) is 17.2 Å². The Morgan fingerprint density at radius 1 is 1.19 bits per heavy atom. The number of oxazole rings is 1. The molecule has 2 amide bonds. The lowest BCUT2D eigenvalue weighted by molar-refractivity contribution is -0.121. The summed E-state index contributed by atoms with van der Waals surface area (Å²) in [5.41, 5.74) is 0.870. The van der Waals surface area contributed by atoms with E-state index in [-0.39, 0.29) is 55.0 Å². The Kier molecular flexibility index (Phi) is 7.53. The molecule has 0 aliphatic carbocycles. The lowest BCUT2D eigenvalue weighted by Gasteiger charge is -2.28. The standard InChI is InChI=1S/C26H27N3O7/c1-4-16(2)27-26(32)18-13-36-24(28-18)12-29-19-11-17(9-10-21(19)35-15-25(29)31)20(30)14-34-23-8-6-5-7-22(23)33-3/h5-11,13,16H,4,12,14-15H2,1-3H3,(H,27,32). The van der Waals surface area contributed by atoms with Crippen molar-refractivity contribution in [3.8, 4) is 17.2 Å². The van der Waals surface area contributed by atoms with E-state index in [1.165, 1.54) is 18.3 Å². The van der Waals surface area contributed by atoms with Gasteiger partial charge in [0.15, 0.2) is 36.2 Å². The highest BCUT2D eigenvalue weighted by Gasteiger charge is 2.28. The summed E-state index contributed by atoms with van der Waals surface area (Å²) >= 11 is 0. The number of fused-ring (bicyclic) bond motifs is 1. The highest BCUT2D eigenvalue weighted by Crippen LogP contribution is 2.34. The average Bonchev–Trinajstić information content (AvgIpc) is 3.37. The third kappa shape index (κ3) is 5.48. The van der Waals surface area contributed by atoms with Gasteiger partial charge in [-0.25, -0.2) is 4.98 Å². The lowest BCUT2D eigenvalue weighted by atomic mass is 10.1. The molecule has 0 spiro atoms. The van der Waals surface area contributed by atoms with Crippen molar-refractivity contribution >= 4 is 23.3 Å². The number of carbonyl (C=O) groups excluding carboxylic acids is 3. The van der Waals surface area contributed by atoms with Crippen molar-refractivity contribution in [1.82, 2.24) is 10.3 Å². The van der Waals surface area contributed by atoms with Crippen LogP contribution in [0, 0.1) is 0 Å². The van der Waals surface area contributed by atoms with Gasteiger partial charge in [0, 0.05) is 11.6 Å². The molecule has 10 heteroatoms. The van der Waals surface area contributed by atoms with Crippen molar-refractivity contribution in [2.45, 2.75) is 32.9 Å². The third-order valence-electron chi connectivity index (χ3n) is 5.72. The second kappa shape index (κ2) is 10.9. The SMILES string of the molecule is CCC(C)NC(=O)c1coc(CN2C(=O)COc3ccc(C(=O)COc4ccccc4OC)cc32)n1. The predicted molar refractivity (Wildman–Crippen MR) is 130 cm³/mol. The molecule has 2 aromatic carbocycles. The molecule has 188 valence electrons. The molecular weight excluding hydrogens is 466 g/mol. The number of nitrogens with zero attached hydrogens (tertiary/aromatic N) is 2. The Labute approximate surface area is 208 Å². The molecule has 10 nitrogen and oxygen atoms in total. The fourth-order valence-corrected chi connectivity index (χ4v) is 3.54. The molecule has 3 aromatic rings. The zero-order valence-electron chi connectivity index (χ0n) is 20.3. The van der Waals surface area contributed by atoms with Gasteiger partial charge in [0.05, 0.1) is 12.8 Å². The van der Waals surface area contributed by atoms with Crippen LogP contribution in [0.3, 0.4) is 0 Å². The average molecular weight is 494 g/mol. The van der Waals surface area contributed by atoms with Gasteiger partial charge in [-0.3, -0.25) is 19.3 Å². The Hall–Kier alpha value is -4.34. The molecule has 1 N–H and O–H groups in total. The van der Waals surface area contributed by atoms with Crippen molar-refractivity contribution in [2.24, 2.45) is 0 Å². The molecule has 1 unspecified atom stereocenters. The quantitative estimate of drug-likeness (QED) is 0.427. The molecule has 0 fully saturated rings. The molecule has 0 bridgehead atoms. The van der Waals surface area contributed by atoms with Crippen molar-refractivity contribution in [3.63, 3.8) is 0 Å². The normalized spacial score (nSPS) is 13.4. The lowest BCUT2D eigenvalue weighted by Crippen LogP contribution is -2.38. The van der Waals surface area contributed by atoms with Gasteiger partial charge in [-0.05, 0) is 43.7 Å². The van der Waals surface area contributed by atoms with Crippen LogP contribution in [0.2, 0.25) is 0 Å². The van der Waals surface area contributed by atoms with Gasteiger partial charge >= 0.3 is 0 Å². The molecule has 2 heterocycles. The summed E-state index contributed by atoms with van der Waals surface area (Å²) in [6.07, 6.45) is 2.04. The van der Waals surface area contributed by atoms with E-state index in [0.29, 0.717) is 28.5 Å². The molecule has 1 aromatic heterocycles. The third-order valence-corrected chi connectivity index (χ3v) is 5.72. The Bertz CT molecular complexity index is 1270. The maximum atomic E-state index is 12.9. The first-order valence-electron chi connectivity index (χ1n) is 11.5. The molecule has 1 aliphatic rings. The second-order valence-electron chi connectivity index (χ2n) is 8.22. The van der Waals surface area contributed by atoms with Crippen molar-refractivity contribution < 1.29 is 33.0 Å². The number of methoxy groups -OCH3 is 1. The highest BCUT2D eigenvalue weighted by atomic mass is 16.5. The molecule has 4 rings (SSSR count). The first-order chi connectivity index (χ1) is 17.4. The van der Waals surface area contributed by atoms with Gasteiger partial charge < -0.3 is 23.9 Å². The van der Waals surface area contributed by atoms with Crippen molar-refractivity contribution in [3.05, 3.63) is 65.9 Å². The van der Waals surface area contributed by atoms with Gasteiger partial charge in [-0.1, -0.05) is 19.1 Å². The van der Waals surface area contributed by atoms with Crippen molar-refractivity contribution in [2.75, 3.05) is 25.2 Å². The summed E-state index contributed by atoms with van der Waals surface area (Å²) in [7, 11) is 1.52. The van der Waals surface area contributed by atoms with Gasteiger partial charge in [0.1, 0.15) is 18.6 Å². The number of ether oxygens (including phenoxy) is 3. The summed E-state index contributed by atoms with van der Waals surface area (Å²) in [5, 5.41) is 2.82. The first kappa shape index (κ1) is 24.8. The van der Waals surface area contributed by atoms with Crippen LogP contribution in [0.25, 0.3) is 0 Å². The van der Waals surface area contributed by atoms with Crippen molar-refractivity contribution in [1.29, 1.82) is 0 Å². The Morgan fingerprint density at radius 3 is 2.72 bits per heavy atom. The zero-order chi connectivity index (χ0) is 25.7. The molecule has 0 saturated heterocycles. The molecule has 36 heavy (non-hydrogen) atoms. The maximum absolute atomic E-state index is 12.9. The van der Waals surface area contributed by atoms with E-state index in [2.05, 4.69) is 10.3 Å². The number of hydrogen-bond donors (Lipinski definition) is 1. The fraction of sp³-hybridized carbons (Fsp3) is 0.308. The van der Waals surface area contributed by atoms with E-state index in [1.54, 1.807) is 42.5 Å². The van der Waals surface area contributed by atoms with Crippen LogP contribution in [0.4, 0.5) is 5.69 Å². The zero-order valence-corrected chi connectivity index (χ0v) is 20.3. The summed E-state index contributed by atoms with van der Waals surface area (Å²) in [6.45, 7) is 3.44.